The van der Waals surface area contributed by atoms with Gasteiger partial charge in [0.05, 0.1) is 23.4 Å². The molecule has 1 aromatic heterocycles. The highest BCUT2D eigenvalue weighted by Gasteiger charge is 2.55. The lowest BCUT2D eigenvalue weighted by molar-refractivity contribution is -0.152. The first-order valence-corrected chi connectivity index (χ1v) is 10.5. The lowest BCUT2D eigenvalue weighted by Crippen LogP contribution is -2.47. The molecule has 1 aromatic carbocycles. The average Bonchev–Trinajstić information content (AvgIpc) is 3.40. The quantitative estimate of drug-likeness (QED) is 0.750. The van der Waals surface area contributed by atoms with Crippen LogP contribution in [-0.4, -0.2) is 45.0 Å². The summed E-state index contributed by atoms with van der Waals surface area (Å²) < 4.78 is 7.86. The Hall–Kier alpha value is -2.37. The summed E-state index contributed by atoms with van der Waals surface area (Å²) in [6, 6.07) is 8.21. The molecule has 1 spiro atoms. The van der Waals surface area contributed by atoms with Gasteiger partial charge in [0.1, 0.15) is 11.4 Å². The Morgan fingerprint density at radius 2 is 1.89 bits per heavy atom. The van der Waals surface area contributed by atoms with E-state index in [2.05, 4.69) is 23.7 Å². The third-order valence-electron chi connectivity index (χ3n) is 7.06. The number of aromatic nitrogens is 2. The van der Waals surface area contributed by atoms with Crippen LogP contribution in [0.2, 0.25) is 0 Å². The molecule has 2 aliphatic heterocycles. The number of esters is 1. The molecule has 0 N–H and O–H groups in total. The highest BCUT2D eigenvalue weighted by Crippen LogP contribution is 2.46. The van der Waals surface area contributed by atoms with Crippen molar-refractivity contribution >= 4 is 22.9 Å². The van der Waals surface area contributed by atoms with Crippen LogP contribution in [0.1, 0.15) is 56.7 Å². The zero-order chi connectivity index (χ0) is 19.3. The van der Waals surface area contributed by atoms with Crippen LogP contribution in [-0.2, 0) is 21.4 Å². The molecule has 28 heavy (non-hydrogen) atoms. The fourth-order valence-corrected chi connectivity index (χ4v) is 5.54. The van der Waals surface area contributed by atoms with Gasteiger partial charge in [0.2, 0.25) is 5.91 Å². The Morgan fingerprint density at radius 1 is 1.18 bits per heavy atom. The van der Waals surface area contributed by atoms with Gasteiger partial charge in [0.25, 0.3) is 0 Å². The van der Waals surface area contributed by atoms with Crippen LogP contribution in [0, 0.1) is 5.92 Å². The molecule has 2 saturated heterocycles. The Labute approximate surface area is 164 Å². The number of ether oxygens (including phenoxy) is 1. The van der Waals surface area contributed by atoms with E-state index in [4.69, 9.17) is 9.72 Å². The predicted molar refractivity (Wildman–Crippen MR) is 105 cm³/mol. The molecule has 3 aliphatic rings. The summed E-state index contributed by atoms with van der Waals surface area (Å²) in [5.74, 6) is 1.11. The monoisotopic (exact) mass is 381 g/mol. The molecule has 148 valence electrons. The first-order valence-electron chi connectivity index (χ1n) is 10.5. The maximum absolute atomic E-state index is 13.2. The van der Waals surface area contributed by atoms with Crippen molar-refractivity contribution < 1.29 is 14.3 Å². The lowest BCUT2D eigenvalue weighted by Gasteiger charge is -2.36. The molecular weight excluding hydrogens is 354 g/mol. The molecule has 1 atom stereocenters. The summed E-state index contributed by atoms with van der Waals surface area (Å²) in [7, 11) is 2.08. The van der Waals surface area contributed by atoms with Gasteiger partial charge in [-0.3, -0.25) is 9.59 Å². The highest BCUT2D eigenvalue weighted by molar-refractivity contribution is 5.88. The summed E-state index contributed by atoms with van der Waals surface area (Å²) in [5.41, 5.74) is 1.67. The highest BCUT2D eigenvalue weighted by atomic mass is 16.6. The van der Waals surface area contributed by atoms with E-state index in [0.717, 1.165) is 68.5 Å². The SMILES string of the molecule is Cn1c(C2CCN(C(=O)C3CC(=O)OC34CCCC4)CC2)nc2ccccc21. The number of fused-ring (bicyclic) bond motifs is 1. The topological polar surface area (TPSA) is 64.4 Å². The summed E-state index contributed by atoms with van der Waals surface area (Å²) in [6.07, 6.45) is 5.85. The number of amides is 1. The second-order valence-corrected chi connectivity index (χ2v) is 8.62. The summed E-state index contributed by atoms with van der Waals surface area (Å²) in [5, 5.41) is 0. The van der Waals surface area contributed by atoms with Crippen molar-refractivity contribution in [2.75, 3.05) is 13.1 Å². The summed E-state index contributed by atoms with van der Waals surface area (Å²) >= 11 is 0. The van der Waals surface area contributed by atoms with Gasteiger partial charge in [-0.15, -0.1) is 0 Å². The van der Waals surface area contributed by atoms with Gasteiger partial charge in [-0.05, 0) is 50.7 Å². The van der Waals surface area contributed by atoms with E-state index in [0.29, 0.717) is 5.92 Å². The van der Waals surface area contributed by atoms with Crippen molar-refractivity contribution in [2.24, 2.45) is 13.0 Å². The van der Waals surface area contributed by atoms with Crippen LogP contribution < -0.4 is 0 Å². The van der Waals surface area contributed by atoms with Crippen molar-refractivity contribution in [3.8, 4) is 0 Å². The molecule has 0 bridgehead atoms. The fourth-order valence-electron chi connectivity index (χ4n) is 5.54. The van der Waals surface area contributed by atoms with Crippen molar-refractivity contribution in [1.82, 2.24) is 14.5 Å². The van der Waals surface area contributed by atoms with Gasteiger partial charge in [-0.25, -0.2) is 4.98 Å². The van der Waals surface area contributed by atoms with Crippen molar-refractivity contribution in [1.29, 1.82) is 0 Å². The Bertz CT molecular complexity index is 920. The first-order chi connectivity index (χ1) is 13.6. The van der Waals surface area contributed by atoms with Crippen LogP contribution in [0.15, 0.2) is 24.3 Å². The van der Waals surface area contributed by atoms with E-state index < -0.39 is 5.60 Å². The number of piperidine rings is 1. The van der Waals surface area contributed by atoms with Crippen LogP contribution in [0.5, 0.6) is 0 Å². The molecule has 0 radical (unpaired) electrons. The lowest BCUT2D eigenvalue weighted by atomic mass is 9.84. The summed E-state index contributed by atoms with van der Waals surface area (Å²) in [4.78, 5) is 32.0. The molecule has 1 aliphatic carbocycles. The number of hydrogen-bond acceptors (Lipinski definition) is 4. The van der Waals surface area contributed by atoms with Gasteiger partial charge in [0.15, 0.2) is 0 Å². The largest absolute Gasteiger partial charge is 0.458 e. The van der Waals surface area contributed by atoms with Crippen molar-refractivity contribution in [3.05, 3.63) is 30.1 Å². The second-order valence-electron chi connectivity index (χ2n) is 8.62. The van der Waals surface area contributed by atoms with E-state index in [9.17, 15) is 9.59 Å². The molecule has 6 heteroatoms. The zero-order valence-corrected chi connectivity index (χ0v) is 16.4. The van der Waals surface area contributed by atoms with Gasteiger partial charge in [0, 0.05) is 26.1 Å². The Morgan fingerprint density at radius 3 is 2.61 bits per heavy atom. The third-order valence-corrected chi connectivity index (χ3v) is 7.06. The Kier molecular flexibility index (Phi) is 4.18. The maximum atomic E-state index is 13.2. The normalized spacial score (nSPS) is 25.0. The molecule has 5 rings (SSSR count). The third kappa shape index (κ3) is 2.73. The number of imidazole rings is 1. The molecule has 1 unspecified atom stereocenters. The number of benzene rings is 1. The van der Waals surface area contributed by atoms with E-state index in [1.807, 2.05) is 17.0 Å². The summed E-state index contributed by atoms with van der Waals surface area (Å²) in [6.45, 7) is 1.46. The molecule has 3 fully saturated rings. The standard InChI is InChI=1S/C22H27N3O3/c1-24-18-7-3-2-6-17(18)23-20(24)15-8-12-25(13-9-15)21(27)16-14-19(26)28-22(16)10-4-5-11-22/h2-3,6-7,15-16H,4-5,8-14H2,1H3. The fraction of sp³-hybridized carbons (Fsp3) is 0.591. The number of likely N-dealkylation sites (tertiary alicyclic amines) is 1. The smallest absolute Gasteiger partial charge is 0.307 e. The number of para-hydroxylation sites is 2. The molecule has 2 aromatic rings. The van der Waals surface area contributed by atoms with Crippen molar-refractivity contribution in [3.63, 3.8) is 0 Å². The first kappa shape index (κ1) is 17.7. The predicted octanol–water partition coefficient (Wildman–Crippen LogP) is 3.16. The van der Waals surface area contributed by atoms with Crippen LogP contribution >= 0.6 is 0 Å². The average molecular weight is 381 g/mol. The minimum absolute atomic E-state index is 0.121. The van der Waals surface area contributed by atoms with Gasteiger partial charge < -0.3 is 14.2 Å². The van der Waals surface area contributed by atoms with Gasteiger partial charge in [-0.2, -0.15) is 0 Å². The zero-order valence-electron chi connectivity index (χ0n) is 16.4. The molecular formula is C22H27N3O3. The molecule has 3 heterocycles. The van der Waals surface area contributed by atoms with Crippen LogP contribution in [0.3, 0.4) is 0 Å². The molecule has 1 amide bonds. The van der Waals surface area contributed by atoms with E-state index in [-0.39, 0.29) is 24.2 Å². The van der Waals surface area contributed by atoms with Crippen LogP contribution in [0.25, 0.3) is 11.0 Å². The number of rotatable bonds is 2. The van der Waals surface area contributed by atoms with E-state index in [1.54, 1.807) is 0 Å². The van der Waals surface area contributed by atoms with Gasteiger partial charge >= 0.3 is 5.97 Å². The van der Waals surface area contributed by atoms with Gasteiger partial charge in [-0.1, -0.05) is 12.1 Å². The van der Waals surface area contributed by atoms with Crippen molar-refractivity contribution in [2.45, 2.75) is 56.5 Å². The second kappa shape index (κ2) is 6.61. The number of nitrogens with zero attached hydrogens (tertiary/aromatic N) is 3. The molecule has 6 nitrogen and oxygen atoms in total. The number of carbonyl (C=O) groups excluding carboxylic acids is 2. The maximum Gasteiger partial charge on any atom is 0.307 e. The molecule has 1 saturated carbocycles. The number of hydrogen-bond donors (Lipinski definition) is 0. The number of carbonyl (C=O) groups is 2. The Balaban J connectivity index is 1.29. The minimum atomic E-state index is -0.511. The van der Waals surface area contributed by atoms with E-state index >= 15 is 0 Å². The van der Waals surface area contributed by atoms with E-state index in [1.165, 1.54) is 0 Å². The number of aryl methyl sites for hydroxylation is 1. The van der Waals surface area contributed by atoms with Crippen LogP contribution in [0.4, 0.5) is 0 Å². The minimum Gasteiger partial charge on any atom is -0.458 e.